The number of hydrogen-bond donors (Lipinski definition) is 1. The molecule has 2 nitrogen and oxygen atoms in total. The fourth-order valence-electron chi connectivity index (χ4n) is 1.83. The maximum Gasteiger partial charge on any atom is 0.0626 e. The Kier molecular flexibility index (Phi) is 7.20. The molecule has 0 amide bonds. The van der Waals surface area contributed by atoms with Gasteiger partial charge in [0, 0.05) is 34.7 Å². The SMILES string of the molecule is CCCNC(COC)C1CSC(C)C(C)S1. The molecule has 1 N–H and O–H groups in total. The van der Waals surface area contributed by atoms with Crippen LogP contribution in [0, 0.1) is 0 Å². The van der Waals surface area contributed by atoms with Gasteiger partial charge in [0.05, 0.1) is 6.61 Å². The summed E-state index contributed by atoms with van der Waals surface area (Å²) in [7, 11) is 1.80. The van der Waals surface area contributed by atoms with Gasteiger partial charge in [0.2, 0.25) is 0 Å². The second kappa shape index (κ2) is 7.85. The molecule has 4 atom stereocenters. The van der Waals surface area contributed by atoms with E-state index in [1.54, 1.807) is 7.11 Å². The van der Waals surface area contributed by atoms with Crippen molar-refractivity contribution in [2.75, 3.05) is 26.0 Å². The van der Waals surface area contributed by atoms with E-state index in [2.05, 4.69) is 49.6 Å². The highest BCUT2D eigenvalue weighted by Gasteiger charge is 2.30. The first kappa shape index (κ1) is 14.7. The maximum absolute atomic E-state index is 5.33. The van der Waals surface area contributed by atoms with Crippen molar-refractivity contribution in [2.45, 2.75) is 49.0 Å². The van der Waals surface area contributed by atoms with Crippen LogP contribution in [0.2, 0.25) is 0 Å². The molecular weight excluding hydrogens is 238 g/mol. The lowest BCUT2D eigenvalue weighted by Gasteiger charge is -2.36. The lowest BCUT2D eigenvalue weighted by molar-refractivity contribution is 0.166. The summed E-state index contributed by atoms with van der Waals surface area (Å²) in [5.41, 5.74) is 0. The van der Waals surface area contributed by atoms with Crippen LogP contribution in [-0.4, -0.2) is 47.8 Å². The van der Waals surface area contributed by atoms with Crippen molar-refractivity contribution in [2.24, 2.45) is 0 Å². The zero-order valence-electron chi connectivity index (χ0n) is 10.9. The minimum absolute atomic E-state index is 0.511. The van der Waals surface area contributed by atoms with E-state index in [0.29, 0.717) is 11.3 Å². The summed E-state index contributed by atoms with van der Waals surface area (Å²) in [6, 6.07) is 0.511. The van der Waals surface area contributed by atoms with Crippen LogP contribution in [0.4, 0.5) is 0 Å². The maximum atomic E-state index is 5.33. The summed E-state index contributed by atoms with van der Waals surface area (Å²) in [6.07, 6.45) is 1.19. The third-order valence-electron chi connectivity index (χ3n) is 3.03. The van der Waals surface area contributed by atoms with Crippen LogP contribution in [0.15, 0.2) is 0 Å². The largest absolute Gasteiger partial charge is 0.383 e. The summed E-state index contributed by atoms with van der Waals surface area (Å²) in [5.74, 6) is 1.25. The summed E-state index contributed by atoms with van der Waals surface area (Å²) in [4.78, 5) is 0. The van der Waals surface area contributed by atoms with Crippen LogP contribution in [0.1, 0.15) is 27.2 Å². The van der Waals surface area contributed by atoms with E-state index in [4.69, 9.17) is 4.74 Å². The predicted octanol–water partition coefficient (Wildman–Crippen LogP) is 2.63. The van der Waals surface area contributed by atoms with E-state index in [1.807, 2.05) is 0 Å². The average Bonchev–Trinajstić information content (AvgIpc) is 2.28. The van der Waals surface area contributed by atoms with Crippen molar-refractivity contribution in [3.8, 4) is 0 Å². The second-order valence-electron chi connectivity index (χ2n) is 4.43. The normalized spacial score (nSPS) is 32.6. The van der Waals surface area contributed by atoms with Gasteiger partial charge in [-0.2, -0.15) is 23.5 Å². The minimum atomic E-state index is 0.511. The Morgan fingerprint density at radius 3 is 2.69 bits per heavy atom. The van der Waals surface area contributed by atoms with Crippen LogP contribution in [-0.2, 0) is 4.74 Å². The molecule has 0 aromatic rings. The van der Waals surface area contributed by atoms with Gasteiger partial charge in [0.25, 0.3) is 0 Å². The molecule has 0 saturated carbocycles. The number of methoxy groups -OCH3 is 1. The molecule has 0 aromatic heterocycles. The number of ether oxygens (including phenoxy) is 1. The smallest absolute Gasteiger partial charge is 0.0626 e. The molecule has 1 heterocycles. The third kappa shape index (κ3) is 4.47. The Morgan fingerprint density at radius 2 is 2.12 bits per heavy atom. The first-order valence-electron chi connectivity index (χ1n) is 6.18. The van der Waals surface area contributed by atoms with Crippen molar-refractivity contribution in [1.29, 1.82) is 0 Å². The van der Waals surface area contributed by atoms with Gasteiger partial charge >= 0.3 is 0 Å². The highest BCUT2D eigenvalue weighted by molar-refractivity contribution is 8.07. The van der Waals surface area contributed by atoms with Crippen LogP contribution in [0.5, 0.6) is 0 Å². The number of nitrogens with one attached hydrogen (secondary N) is 1. The molecule has 1 aliphatic heterocycles. The van der Waals surface area contributed by atoms with E-state index in [0.717, 1.165) is 23.7 Å². The topological polar surface area (TPSA) is 21.3 Å². The first-order valence-corrected chi connectivity index (χ1v) is 8.17. The molecule has 0 aromatic carbocycles. The molecule has 1 saturated heterocycles. The standard InChI is InChI=1S/C12H25NOS2/c1-5-6-13-11(7-14-4)12-8-15-9(2)10(3)16-12/h9-13H,5-8H2,1-4H3. The monoisotopic (exact) mass is 263 g/mol. The van der Waals surface area contributed by atoms with Crippen molar-refractivity contribution in [3.05, 3.63) is 0 Å². The lowest BCUT2D eigenvalue weighted by atomic mass is 10.2. The van der Waals surface area contributed by atoms with E-state index in [-0.39, 0.29) is 0 Å². The molecule has 0 bridgehead atoms. The Hall–Kier alpha value is 0.620. The Labute approximate surface area is 109 Å². The van der Waals surface area contributed by atoms with Gasteiger partial charge in [-0.25, -0.2) is 0 Å². The minimum Gasteiger partial charge on any atom is -0.383 e. The molecule has 1 fully saturated rings. The molecule has 16 heavy (non-hydrogen) atoms. The fraction of sp³-hybridized carbons (Fsp3) is 1.00. The lowest BCUT2D eigenvalue weighted by Crippen LogP contribution is -2.46. The summed E-state index contributed by atoms with van der Waals surface area (Å²) in [5, 5.41) is 5.86. The quantitative estimate of drug-likeness (QED) is 0.795. The van der Waals surface area contributed by atoms with Gasteiger partial charge in [0.15, 0.2) is 0 Å². The highest BCUT2D eigenvalue weighted by atomic mass is 32.2. The second-order valence-corrected chi connectivity index (χ2v) is 7.47. The van der Waals surface area contributed by atoms with Gasteiger partial charge in [-0.1, -0.05) is 20.8 Å². The van der Waals surface area contributed by atoms with E-state index < -0.39 is 0 Å². The van der Waals surface area contributed by atoms with Crippen molar-refractivity contribution in [1.82, 2.24) is 5.32 Å². The predicted molar refractivity (Wildman–Crippen MR) is 76.7 cm³/mol. The van der Waals surface area contributed by atoms with Gasteiger partial charge in [-0.15, -0.1) is 0 Å². The summed E-state index contributed by atoms with van der Waals surface area (Å²) in [6.45, 7) is 8.82. The van der Waals surface area contributed by atoms with Crippen molar-refractivity contribution >= 4 is 23.5 Å². The molecule has 0 aliphatic carbocycles. The molecular formula is C12H25NOS2. The first-order chi connectivity index (χ1) is 7.69. The zero-order chi connectivity index (χ0) is 12.0. The highest BCUT2D eigenvalue weighted by Crippen LogP contribution is 2.37. The molecule has 4 heteroatoms. The van der Waals surface area contributed by atoms with Gasteiger partial charge < -0.3 is 10.1 Å². The summed E-state index contributed by atoms with van der Waals surface area (Å²) >= 11 is 4.24. The average molecular weight is 263 g/mol. The Bertz CT molecular complexity index is 190. The molecule has 0 radical (unpaired) electrons. The molecule has 0 spiro atoms. The molecule has 1 aliphatic rings. The van der Waals surface area contributed by atoms with Crippen molar-refractivity contribution in [3.63, 3.8) is 0 Å². The third-order valence-corrected chi connectivity index (χ3v) is 6.58. The zero-order valence-corrected chi connectivity index (χ0v) is 12.5. The van der Waals surface area contributed by atoms with Gasteiger partial charge in [0.1, 0.15) is 0 Å². The van der Waals surface area contributed by atoms with Crippen LogP contribution in [0.3, 0.4) is 0 Å². The van der Waals surface area contributed by atoms with E-state index in [9.17, 15) is 0 Å². The Morgan fingerprint density at radius 1 is 1.38 bits per heavy atom. The number of thioether (sulfide) groups is 2. The fourth-order valence-corrected chi connectivity index (χ4v) is 4.94. The van der Waals surface area contributed by atoms with E-state index >= 15 is 0 Å². The van der Waals surface area contributed by atoms with Crippen molar-refractivity contribution < 1.29 is 4.74 Å². The molecule has 96 valence electrons. The van der Waals surface area contributed by atoms with Gasteiger partial charge in [-0.3, -0.25) is 0 Å². The summed E-state index contributed by atoms with van der Waals surface area (Å²) < 4.78 is 5.33. The molecule has 4 unspecified atom stereocenters. The van der Waals surface area contributed by atoms with Crippen LogP contribution >= 0.6 is 23.5 Å². The number of rotatable bonds is 6. The Balaban J connectivity index is 2.43. The van der Waals surface area contributed by atoms with Crippen LogP contribution < -0.4 is 5.32 Å². The van der Waals surface area contributed by atoms with Gasteiger partial charge in [-0.05, 0) is 13.0 Å². The molecule has 1 rings (SSSR count). The van der Waals surface area contributed by atoms with Crippen LogP contribution in [0.25, 0.3) is 0 Å². The number of hydrogen-bond acceptors (Lipinski definition) is 4. The van der Waals surface area contributed by atoms with E-state index in [1.165, 1.54) is 12.2 Å².